The number of hydrogen-bond donors (Lipinski definition) is 2. The van der Waals surface area contributed by atoms with Gasteiger partial charge in [0.1, 0.15) is 0 Å². The van der Waals surface area contributed by atoms with Crippen LogP contribution in [0.25, 0.3) is 0 Å². The number of nitrogens with one attached hydrogen (secondary N) is 2. The van der Waals surface area contributed by atoms with Crippen LogP contribution in [0.2, 0.25) is 0 Å². The first-order valence-electron chi connectivity index (χ1n) is 10.1. The maximum Gasteiger partial charge on any atom is 0.191 e. The number of nitrogens with zero attached hydrogens (tertiary/aromatic N) is 2. The number of ether oxygens (including phenoxy) is 2. The molecule has 1 aliphatic heterocycles. The molecule has 2 N–H and O–H groups in total. The molecule has 0 aromatic heterocycles. The van der Waals surface area contributed by atoms with E-state index in [9.17, 15) is 0 Å². The van der Waals surface area contributed by atoms with E-state index in [0.717, 1.165) is 42.5 Å². The molecule has 1 saturated heterocycles. The van der Waals surface area contributed by atoms with Crippen molar-refractivity contribution >= 4 is 29.9 Å². The van der Waals surface area contributed by atoms with Crippen molar-refractivity contribution in [2.24, 2.45) is 4.99 Å². The summed E-state index contributed by atoms with van der Waals surface area (Å²) in [6.45, 7) is 4.88. The molecule has 164 valence electrons. The maximum atomic E-state index is 5.52. The Hall–Kier alpha value is -2.00. The van der Waals surface area contributed by atoms with Gasteiger partial charge in [0.15, 0.2) is 17.5 Å². The predicted molar refractivity (Wildman–Crippen MR) is 133 cm³/mol. The minimum atomic E-state index is 0. The normalized spacial score (nSPS) is 19.1. The van der Waals surface area contributed by atoms with Crippen molar-refractivity contribution in [2.75, 3.05) is 27.8 Å². The van der Waals surface area contributed by atoms with Gasteiger partial charge in [-0.2, -0.15) is 0 Å². The lowest BCUT2D eigenvalue weighted by atomic mass is 10.2. The van der Waals surface area contributed by atoms with Gasteiger partial charge < -0.3 is 20.1 Å². The number of rotatable bonds is 7. The van der Waals surface area contributed by atoms with E-state index in [-0.39, 0.29) is 24.0 Å². The minimum absolute atomic E-state index is 0. The summed E-state index contributed by atoms with van der Waals surface area (Å²) in [6, 6.07) is 17.4. The van der Waals surface area contributed by atoms with E-state index in [0.29, 0.717) is 18.6 Å². The van der Waals surface area contributed by atoms with Gasteiger partial charge in [-0.1, -0.05) is 42.5 Å². The van der Waals surface area contributed by atoms with Gasteiger partial charge in [0.2, 0.25) is 0 Å². The predicted octanol–water partition coefficient (Wildman–Crippen LogP) is 3.65. The molecular weight excluding hydrogens is 491 g/mol. The molecule has 3 rings (SSSR count). The quantitative estimate of drug-likeness (QED) is 0.329. The number of guanidine groups is 1. The molecule has 6 nitrogen and oxygen atoms in total. The summed E-state index contributed by atoms with van der Waals surface area (Å²) in [4.78, 5) is 6.92. The smallest absolute Gasteiger partial charge is 0.191 e. The van der Waals surface area contributed by atoms with Crippen LogP contribution in [0.15, 0.2) is 53.5 Å². The fourth-order valence-electron chi connectivity index (χ4n) is 3.90. The topological polar surface area (TPSA) is 58.1 Å². The van der Waals surface area contributed by atoms with E-state index >= 15 is 0 Å². The molecule has 0 spiro atoms. The van der Waals surface area contributed by atoms with Crippen molar-refractivity contribution in [1.82, 2.24) is 15.5 Å². The lowest BCUT2D eigenvalue weighted by molar-refractivity contribution is 0.258. The second-order valence-corrected chi connectivity index (χ2v) is 7.42. The number of likely N-dealkylation sites (tertiary alicyclic amines) is 1. The van der Waals surface area contributed by atoms with Crippen molar-refractivity contribution in [2.45, 2.75) is 38.5 Å². The first kappa shape index (κ1) is 24.3. The molecule has 2 atom stereocenters. The average molecular weight is 524 g/mol. The van der Waals surface area contributed by atoms with Crippen molar-refractivity contribution in [3.63, 3.8) is 0 Å². The van der Waals surface area contributed by atoms with Crippen LogP contribution in [0.4, 0.5) is 0 Å². The Bertz CT molecular complexity index is 816. The van der Waals surface area contributed by atoms with Gasteiger partial charge in [0.25, 0.3) is 0 Å². The second kappa shape index (κ2) is 12.0. The maximum absolute atomic E-state index is 5.52. The zero-order valence-electron chi connectivity index (χ0n) is 18.2. The summed E-state index contributed by atoms with van der Waals surface area (Å²) in [7, 11) is 5.12. The lowest BCUT2D eigenvalue weighted by Crippen LogP contribution is -2.44. The standard InChI is InChI=1S/C23H32N4O2.HI/c1-17-13-20(16-27(17)15-18-9-6-5-7-10-18)26-23(24-2)25-14-19-11-8-12-21(28-3)22(19)29-4;/h5-12,17,20H,13-16H2,1-4H3,(H2,24,25,26);1H. The van der Waals surface area contributed by atoms with Crippen LogP contribution in [0.1, 0.15) is 24.5 Å². The van der Waals surface area contributed by atoms with Crippen molar-refractivity contribution in [3.8, 4) is 11.5 Å². The Balaban J connectivity index is 0.00000320. The van der Waals surface area contributed by atoms with E-state index in [2.05, 4.69) is 57.8 Å². The third kappa shape index (κ3) is 6.25. The van der Waals surface area contributed by atoms with Crippen LogP contribution in [0, 0.1) is 0 Å². The number of halogens is 1. The Morgan fingerprint density at radius 2 is 1.87 bits per heavy atom. The molecule has 7 heteroatoms. The Morgan fingerprint density at radius 1 is 1.10 bits per heavy atom. The molecule has 0 radical (unpaired) electrons. The number of para-hydroxylation sites is 1. The lowest BCUT2D eigenvalue weighted by Gasteiger charge is -2.21. The van der Waals surface area contributed by atoms with Crippen LogP contribution >= 0.6 is 24.0 Å². The Morgan fingerprint density at radius 3 is 2.53 bits per heavy atom. The molecule has 30 heavy (non-hydrogen) atoms. The highest BCUT2D eigenvalue weighted by molar-refractivity contribution is 14.0. The molecule has 0 saturated carbocycles. The van der Waals surface area contributed by atoms with Gasteiger partial charge in [0.05, 0.1) is 14.2 Å². The van der Waals surface area contributed by atoms with Gasteiger partial charge in [-0.05, 0) is 25.0 Å². The molecule has 2 aromatic carbocycles. The van der Waals surface area contributed by atoms with Gasteiger partial charge >= 0.3 is 0 Å². The molecular formula is C23H33IN4O2. The first-order valence-corrected chi connectivity index (χ1v) is 10.1. The summed E-state index contributed by atoms with van der Waals surface area (Å²) in [5.41, 5.74) is 2.38. The highest BCUT2D eigenvalue weighted by atomic mass is 127. The van der Waals surface area contributed by atoms with Crippen molar-refractivity contribution < 1.29 is 9.47 Å². The molecule has 0 aliphatic carbocycles. The summed E-state index contributed by atoms with van der Waals surface area (Å²) >= 11 is 0. The summed E-state index contributed by atoms with van der Waals surface area (Å²) in [6.07, 6.45) is 1.09. The van der Waals surface area contributed by atoms with Crippen molar-refractivity contribution in [3.05, 3.63) is 59.7 Å². The van der Waals surface area contributed by atoms with Crippen molar-refractivity contribution in [1.29, 1.82) is 0 Å². The zero-order chi connectivity index (χ0) is 20.6. The first-order chi connectivity index (χ1) is 14.1. The van der Waals surface area contributed by atoms with E-state index in [1.165, 1.54) is 5.56 Å². The van der Waals surface area contributed by atoms with E-state index in [1.54, 1.807) is 21.3 Å². The Kier molecular flexibility index (Phi) is 9.71. The third-order valence-corrected chi connectivity index (χ3v) is 5.43. The number of methoxy groups -OCH3 is 2. The SMILES string of the molecule is CN=C(NCc1cccc(OC)c1OC)NC1CC(C)N(Cc2ccccc2)C1.I. The van der Waals surface area contributed by atoms with Gasteiger partial charge in [-0.3, -0.25) is 9.89 Å². The number of benzene rings is 2. The Labute approximate surface area is 197 Å². The monoisotopic (exact) mass is 524 g/mol. The molecule has 2 unspecified atom stereocenters. The highest BCUT2D eigenvalue weighted by Gasteiger charge is 2.29. The van der Waals surface area contributed by atoms with Crippen LogP contribution in [0.5, 0.6) is 11.5 Å². The van der Waals surface area contributed by atoms with Crippen LogP contribution in [-0.4, -0.2) is 50.8 Å². The van der Waals surface area contributed by atoms with E-state index in [4.69, 9.17) is 9.47 Å². The van der Waals surface area contributed by atoms with Crippen LogP contribution in [0.3, 0.4) is 0 Å². The number of hydrogen-bond acceptors (Lipinski definition) is 4. The van der Waals surface area contributed by atoms with Gasteiger partial charge in [-0.25, -0.2) is 0 Å². The highest BCUT2D eigenvalue weighted by Crippen LogP contribution is 2.30. The van der Waals surface area contributed by atoms with E-state index < -0.39 is 0 Å². The molecule has 1 heterocycles. The number of aliphatic imine (C=N–C) groups is 1. The minimum Gasteiger partial charge on any atom is -0.493 e. The molecule has 2 aromatic rings. The third-order valence-electron chi connectivity index (χ3n) is 5.43. The van der Waals surface area contributed by atoms with E-state index in [1.807, 2.05) is 18.2 Å². The summed E-state index contributed by atoms with van der Waals surface area (Å²) in [5, 5.41) is 6.98. The largest absolute Gasteiger partial charge is 0.493 e. The summed E-state index contributed by atoms with van der Waals surface area (Å²) < 4.78 is 10.9. The molecule has 1 fully saturated rings. The van der Waals surface area contributed by atoms with Gasteiger partial charge in [0, 0.05) is 44.3 Å². The van der Waals surface area contributed by atoms with Gasteiger partial charge in [-0.15, -0.1) is 24.0 Å². The molecule has 0 bridgehead atoms. The fourth-order valence-corrected chi connectivity index (χ4v) is 3.90. The van der Waals surface area contributed by atoms with Crippen LogP contribution in [-0.2, 0) is 13.1 Å². The van der Waals surface area contributed by atoms with Crippen LogP contribution < -0.4 is 20.1 Å². The molecule has 0 amide bonds. The molecule has 1 aliphatic rings. The fraction of sp³-hybridized carbons (Fsp3) is 0.435. The zero-order valence-corrected chi connectivity index (χ0v) is 20.6. The summed E-state index contributed by atoms with van der Waals surface area (Å²) in [5.74, 6) is 2.28. The second-order valence-electron chi connectivity index (χ2n) is 7.42. The average Bonchev–Trinajstić information content (AvgIpc) is 3.09.